The smallest absolute Gasteiger partial charge is 0.251 e. The number of guanidine groups is 1. The Morgan fingerprint density at radius 2 is 1.67 bits per heavy atom. The van der Waals surface area contributed by atoms with Crippen molar-refractivity contribution in [3.05, 3.63) is 59.1 Å². The van der Waals surface area contributed by atoms with Gasteiger partial charge in [0.05, 0.1) is 5.69 Å². The third-order valence-corrected chi connectivity index (χ3v) is 5.07. The quantitative estimate of drug-likeness (QED) is 0.234. The fraction of sp³-hybridized carbons (Fsp3) is 0.333. The number of amides is 1. The van der Waals surface area contributed by atoms with Crippen LogP contribution in [0.15, 0.2) is 53.5 Å². The largest absolute Gasteiger partial charge is 0.506 e. The molecule has 2 aromatic carbocycles. The summed E-state index contributed by atoms with van der Waals surface area (Å²) in [4.78, 5) is 20.8. The molecule has 1 saturated heterocycles. The minimum atomic E-state index is -0.130. The molecule has 0 aromatic heterocycles. The molecule has 1 fully saturated rings. The number of aromatic hydroxyl groups is 1. The number of benzene rings is 2. The number of piperazine rings is 1. The van der Waals surface area contributed by atoms with Gasteiger partial charge in [-0.3, -0.25) is 9.79 Å². The van der Waals surface area contributed by atoms with E-state index in [1.807, 2.05) is 18.2 Å². The topological polar surface area (TPSA) is 80.2 Å². The highest BCUT2D eigenvalue weighted by atomic mass is 127. The van der Waals surface area contributed by atoms with E-state index in [9.17, 15) is 9.90 Å². The molecule has 0 aliphatic carbocycles. The number of carbonyl (C=O) groups excluding carboxylic acids is 1. The number of aliphatic imine (C=N–C) groups is 1. The van der Waals surface area contributed by atoms with E-state index < -0.39 is 0 Å². The van der Waals surface area contributed by atoms with E-state index in [1.54, 1.807) is 37.4 Å². The zero-order chi connectivity index (χ0) is 20.6. The van der Waals surface area contributed by atoms with Gasteiger partial charge in [0, 0.05) is 56.9 Å². The van der Waals surface area contributed by atoms with Gasteiger partial charge in [0.2, 0.25) is 0 Å². The molecule has 1 heterocycles. The minimum absolute atomic E-state index is 0. The molecule has 0 spiro atoms. The van der Waals surface area contributed by atoms with Gasteiger partial charge in [-0.05, 0) is 36.4 Å². The van der Waals surface area contributed by atoms with Crippen molar-refractivity contribution >= 4 is 53.1 Å². The molecular formula is C21H27ClIN5O2. The highest BCUT2D eigenvalue weighted by Crippen LogP contribution is 2.27. The summed E-state index contributed by atoms with van der Waals surface area (Å²) in [6.07, 6.45) is 0. The second-order valence-electron chi connectivity index (χ2n) is 6.70. The lowest BCUT2D eigenvalue weighted by Crippen LogP contribution is -2.53. The number of para-hydroxylation sites is 2. The number of hydrogen-bond acceptors (Lipinski definition) is 4. The third kappa shape index (κ3) is 6.40. The van der Waals surface area contributed by atoms with Crippen LogP contribution in [0.25, 0.3) is 0 Å². The highest BCUT2D eigenvalue weighted by Gasteiger charge is 2.21. The molecule has 2 aromatic rings. The molecule has 30 heavy (non-hydrogen) atoms. The number of rotatable bonds is 5. The first kappa shape index (κ1) is 24.1. The van der Waals surface area contributed by atoms with Crippen LogP contribution in [0.4, 0.5) is 5.69 Å². The predicted octanol–water partition coefficient (Wildman–Crippen LogP) is 2.79. The van der Waals surface area contributed by atoms with Crippen molar-refractivity contribution in [3.8, 4) is 5.75 Å². The van der Waals surface area contributed by atoms with E-state index >= 15 is 0 Å². The maximum absolute atomic E-state index is 12.1. The number of anilines is 1. The Balaban J connectivity index is 0.00000320. The molecular weight excluding hydrogens is 517 g/mol. The van der Waals surface area contributed by atoms with E-state index in [-0.39, 0.29) is 29.9 Å². The van der Waals surface area contributed by atoms with Crippen LogP contribution in [0, 0.1) is 0 Å². The van der Waals surface area contributed by atoms with E-state index in [1.165, 1.54) is 0 Å². The average molecular weight is 544 g/mol. The summed E-state index contributed by atoms with van der Waals surface area (Å²) < 4.78 is 0. The molecule has 1 aliphatic heterocycles. The summed E-state index contributed by atoms with van der Waals surface area (Å²) in [5.41, 5.74) is 1.44. The molecule has 0 atom stereocenters. The average Bonchev–Trinajstić information content (AvgIpc) is 2.75. The van der Waals surface area contributed by atoms with E-state index in [4.69, 9.17) is 11.6 Å². The van der Waals surface area contributed by atoms with Crippen LogP contribution in [-0.2, 0) is 0 Å². The number of nitrogens with one attached hydrogen (secondary N) is 2. The fourth-order valence-corrected chi connectivity index (χ4v) is 3.40. The fourth-order valence-electron chi connectivity index (χ4n) is 3.28. The molecule has 1 aliphatic rings. The molecule has 0 unspecified atom stereocenters. The van der Waals surface area contributed by atoms with Gasteiger partial charge in [0.25, 0.3) is 5.91 Å². The molecule has 0 radical (unpaired) electrons. The van der Waals surface area contributed by atoms with Crippen molar-refractivity contribution in [1.29, 1.82) is 0 Å². The molecule has 3 N–H and O–H groups in total. The number of phenols is 1. The standard InChI is InChI=1S/C21H26ClN5O2.HI/c1-23-21(25-11-10-24-20(29)16-6-8-17(22)9-7-16)27-14-12-26(13-15-27)18-4-2-3-5-19(18)28;/h2-9,28H,10-15H2,1H3,(H,23,25)(H,24,29);1H. The van der Waals surface area contributed by atoms with Crippen molar-refractivity contribution in [2.24, 2.45) is 4.99 Å². The van der Waals surface area contributed by atoms with Gasteiger partial charge in [0.1, 0.15) is 5.75 Å². The van der Waals surface area contributed by atoms with Gasteiger partial charge in [-0.1, -0.05) is 23.7 Å². The van der Waals surface area contributed by atoms with Gasteiger partial charge in [-0.15, -0.1) is 24.0 Å². The number of hydrogen-bond donors (Lipinski definition) is 3. The van der Waals surface area contributed by atoms with Crippen LogP contribution < -0.4 is 15.5 Å². The monoisotopic (exact) mass is 543 g/mol. The number of carbonyl (C=O) groups is 1. The van der Waals surface area contributed by atoms with Crippen LogP contribution in [0.3, 0.4) is 0 Å². The summed E-state index contributed by atoms with van der Waals surface area (Å²) >= 11 is 5.84. The Labute approximate surface area is 199 Å². The first-order valence-corrected chi connectivity index (χ1v) is 9.98. The molecule has 9 heteroatoms. The van der Waals surface area contributed by atoms with Crippen LogP contribution in [0.2, 0.25) is 5.02 Å². The first-order chi connectivity index (χ1) is 14.1. The second-order valence-corrected chi connectivity index (χ2v) is 7.14. The Kier molecular flexibility index (Phi) is 9.51. The molecule has 0 saturated carbocycles. The SMILES string of the molecule is CN=C(NCCNC(=O)c1ccc(Cl)cc1)N1CCN(c2ccccc2O)CC1.I. The highest BCUT2D eigenvalue weighted by molar-refractivity contribution is 14.0. The Bertz CT molecular complexity index is 855. The van der Waals surface area contributed by atoms with E-state index in [0.717, 1.165) is 37.8 Å². The molecule has 0 bridgehead atoms. The van der Waals surface area contributed by atoms with Crippen molar-refractivity contribution in [2.45, 2.75) is 0 Å². The number of halogens is 2. The number of phenolic OH excluding ortho intramolecular Hbond substituents is 1. The van der Waals surface area contributed by atoms with Crippen molar-refractivity contribution < 1.29 is 9.90 Å². The van der Waals surface area contributed by atoms with Crippen molar-refractivity contribution in [3.63, 3.8) is 0 Å². The van der Waals surface area contributed by atoms with Crippen LogP contribution >= 0.6 is 35.6 Å². The summed E-state index contributed by atoms with van der Waals surface area (Å²) in [5.74, 6) is 0.984. The van der Waals surface area contributed by atoms with Crippen LogP contribution in [0.5, 0.6) is 5.75 Å². The zero-order valence-electron chi connectivity index (χ0n) is 16.8. The first-order valence-electron chi connectivity index (χ1n) is 9.61. The van der Waals surface area contributed by atoms with Crippen LogP contribution in [0.1, 0.15) is 10.4 Å². The number of nitrogens with zero attached hydrogens (tertiary/aromatic N) is 3. The Hall–Kier alpha value is -2.20. The Morgan fingerprint density at radius 3 is 2.30 bits per heavy atom. The minimum Gasteiger partial charge on any atom is -0.506 e. The summed E-state index contributed by atoms with van der Waals surface area (Å²) in [7, 11) is 1.75. The van der Waals surface area contributed by atoms with E-state index in [2.05, 4.69) is 25.4 Å². The lowest BCUT2D eigenvalue weighted by atomic mass is 10.2. The second kappa shape index (κ2) is 11.8. The lowest BCUT2D eigenvalue weighted by Gasteiger charge is -2.37. The maximum Gasteiger partial charge on any atom is 0.251 e. The molecule has 3 rings (SSSR count). The third-order valence-electron chi connectivity index (χ3n) is 4.81. The maximum atomic E-state index is 12.1. The van der Waals surface area contributed by atoms with Crippen molar-refractivity contribution in [1.82, 2.24) is 15.5 Å². The van der Waals surface area contributed by atoms with Crippen LogP contribution in [-0.4, -0.2) is 68.2 Å². The normalized spacial score (nSPS) is 14.1. The van der Waals surface area contributed by atoms with Gasteiger partial charge in [0.15, 0.2) is 5.96 Å². The van der Waals surface area contributed by atoms with Crippen molar-refractivity contribution in [2.75, 3.05) is 51.2 Å². The molecule has 1 amide bonds. The lowest BCUT2D eigenvalue weighted by molar-refractivity contribution is 0.0954. The predicted molar refractivity (Wildman–Crippen MR) is 132 cm³/mol. The molecule has 7 nitrogen and oxygen atoms in total. The van der Waals surface area contributed by atoms with E-state index in [0.29, 0.717) is 29.4 Å². The summed E-state index contributed by atoms with van der Waals surface area (Å²) in [6.45, 7) is 4.25. The summed E-state index contributed by atoms with van der Waals surface area (Å²) in [5, 5.41) is 16.8. The summed E-state index contributed by atoms with van der Waals surface area (Å²) in [6, 6.07) is 14.2. The molecule has 162 valence electrons. The van der Waals surface area contributed by atoms with Gasteiger partial charge < -0.3 is 25.5 Å². The zero-order valence-corrected chi connectivity index (χ0v) is 19.9. The van der Waals surface area contributed by atoms with Gasteiger partial charge in [-0.25, -0.2) is 0 Å². The van der Waals surface area contributed by atoms with Gasteiger partial charge in [-0.2, -0.15) is 0 Å². The van der Waals surface area contributed by atoms with Gasteiger partial charge >= 0.3 is 0 Å². The Morgan fingerprint density at radius 1 is 1.03 bits per heavy atom.